The van der Waals surface area contributed by atoms with Gasteiger partial charge in [0.1, 0.15) is 0 Å². The molecule has 124 valence electrons. The molecular formula is C18H19N3O3. The maximum absolute atomic E-state index is 11.9. The summed E-state index contributed by atoms with van der Waals surface area (Å²) in [7, 11) is 3.90. The second kappa shape index (κ2) is 7.94. The Bertz CT molecular complexity index is 735. The molecule has 3 N–H and O–H groups in total. The van der Waals surface area contributed by atoms with Gasteiger partial charge in [-0.05, 0) is 48.0 Å². The van der Waals surface area contributed by atoms with Gasteiger partial charge in [0, 0.05) is 37.1 Å². The molecule has 0 unspecified atom stereocenters. The van der Waals surface area contributed by atoms with Crippen LogP contribution in [0.3, 0.4) is 0 Å². The SMILES string of the molecule is CN(C)c1ccc(NC(=O)C=Cc2ccc(C(=O)NO)cc2)cc1. The lowest BCUT2D eigenvalue weighted by atomic mass is 10.1. The van der Waals surface area contributed by atoms with E-state index in [4.69, 9.17) is 5.21 Å². The minimum atomic E-state index is -0.579. The van der Waals surface area contributed by atoms with E-state index in [9.17, 15) is 9.59 Å². The molecule has 0 saturated heterocycles. The van der Waals surface area contributed by atoms with Crippen molar-refractivity contribution in [3.05, 3.63) is 65.7 Å². The molecule has 0 bridgehead atoms. The summed E-state index contributed by atoms with van der Waals surface area (Å²) in [6.45, 7) is 0. The van der Waals surface area contributed by atoms with E-state index in [1.807, 2.05) is 43.3 Å². The van der Waals surface area contributed by atoms with Crippen molar-refractivity contribution in [1.82, 2.24) is 5.48 Å². The van der Waals surface area contributed by atoms with Gasteiger partial charge >= 0.3 is 0 Å². The summed E-state index contributed by atoms with van der Waals surface area (Å²) < 4.78 is 0. The molecule has 2 amide bonds. The van der Waals surface area contributed by atoms with E-state index in [0.29, 0.717) is 11.3 Å². The van der Waals surface area contributed by atoms with E-state index < -0.39 is 5.91 Å². The maximum Gasteiger partial charge on any atom is 0.274 e. The van der Waals surface area contributed by atoms with Crippen LogP contribution in [0.1, 0.15) is 15.9 Å². The fourth-order valence-electron chi connectivity index (χ4n) is 2.01. The number of nitrogens with zero attached hydrogens (tertiary/aromatic N) is 1. The average Bonchev–Trinajstić information content (AvgIpc) is 2.60. The summed E-state index contributed by atoms with van der Waals surface area (Å²) in [4.78, 5) is 25.1. The van der Waals surface area contributed by atoms with Gasteiger partial charge in [0.2, 0.25) is 5.91 Å². The first-order chi connectivity index (χ1) is 11.5. The molecule has 0 heterocycles. The van der Waals surface area contributed by atoms with Gasteiger partial charge in [-0.1, -0.05) is 12.1 Å². The number of anilines is 2. The Morgan fingerprint density at radius 1 is 1.00 bits per heavy atom. The van der Waals surface area contributed by atoms with Gasteiger partial charge in [0.05, 0.1) is 0 Å². The summed E-state index contributed by atoms with van der Waals surface area (Å²) in [6.07, 6.45) is 3.06. The molecule has 6 nitrogen and oxygen atoms in total. The summed E-state index contributed by atoms with van der Waals surface area (Å²) in [5.41, 5.74) is 4.43. The molecule has 0 saturated carbocycles. The topological polar surface area (TPSA) is 81.7 Å². The predicted octanol–water partition coefficient (Wildman–Crippen LogP) is 2.52. The number of hydroxylamine groups is 1. The van der Waals surface area contributed by atoms with Crippen molar-refractivity contribution < 1.29 is 14.8 Å². The van der Waals surface area contributed by atoms with Crippen molar-refractivity contribution >= 4 is 29.3 Å². The van der Waals surface area contributed by atoms with Crippen molar-refractivity contribution in [2.24, 2.45) is 0 Å². The third-order valence-electron chi connectivity index (χ3n) is 3.35. The first-order valence-electron chi connectivity index (χ1n) is 7.30. The Hall–Kier alpha value is -3.12. The van der Waals surface area contributed by atoms with Crippen LogP contribution in [0, 0.1) is 0 Å². The smallest absolute Gasteiger partial charge is 0.274 e. The summed E-state index contributed by atoms with van der Waals surface area (Å²) >= 11 is 0. The summed E-state index contributed by atoms with van der Waals surface area (Å²) in [5, 5.41) is 11.3. The number of amides is 2. The Morgan fingerprint density at radius 3 is 2.17 bits per heavy atom. The zero-order valence-electron chi connectivity index (χ0n) is 13.5. The third-order valence-corrected chi connectivity index (χ3v) is 3.35. The Labute approximate surface area is 140 Å². The van der Waals surface area contributed by atoms with Crippen LogP contribution in [0.5, 0.6) is 0 Å². The van der Waals surface area contributed by atoms with Crippen molar-refractivity contribution in [3.8, 4) is 0 Å². The minimum Gasteiger partial charge on any atom is -0.378 e. The highest BCUT2D eigenvalue weighted by Gasteiger charge is 2.03. The van der Waals surface area contributed by atoms with Crippen LogP contribution in [-0.4, -0.2) is 31.1 Å². The maximum atomic E-state index is 11.9. The molecule has 24 heavy (non-hydrogen) atoms. The lowest BCUT2D eigenvalue weighted by Gasteiger charge is -2.12. The number of nitrogens with one attached hydrogen (secondary N) is 2. The normalized spacial score (nSPS) is 10.5. The van der Waals surface area contributed by atoms with E-state index in [1.54, 1.807) is 35.8 Å². The largest absolute Gasteiger partial charge is 0.378 e. The molecule has 0 aliphatic carbocycles. The van der Waals surface area contributed by atoms with Crippen LogP contribution in [0.4, 0.5) is 11.4 Å². The van der Waals surface area contributed by atoms with E-state index >= 15 is 0 Å². The Balaban J connectivity index is 1.96. The minimum absolute atomic E-state index is 0.246. The number of rotatable bonds is 5. The first kappa shape index (κ1) is 17.2. The number of carbonyl (C=O) groups is 2. The van der Waals surface area contributed by atoms with Crippen LogP contribution in [0.15, 0.2) is 54.6 Å². The molecule has 0 fully saturated rings. The second-order valence-electron chi connectivity index (χ2n) is 5.33. The molecule has 0 spiro atoms. The van der Waals surface area contributed by atoms with Gasteiger partial charge in [-0.25, -0.2) is 5.48 Å². The molecule has 0 aromatic heterocycles. The van der Waals surface area contributed by atoms with Gasteiger partial charge in [0.15, 0.2) is 0 Å². The average molecular weight is 325 g/mol. The Kier molecular flexibility index (Phi) is 5.70. The fourth-order valence-corrected chi connectivity index (χ4v) is 2.01. The number of hydrogen-bond donors (Lipinski definition) is 3. The van der Waals surface area contributed by atoms with Crippen molar-refractivity contribution in [1.29, 1.82) is 0 Å². The van der Waals surface area contributed by atoms with Crippen LogP contribution < -0.4 is 15.7 Å². The Morgan fingerprint density at radius 2 is 1.62 bits per heavy atom. The highest BCUT2D eigenvalue weighted by Crippen LogP contribution is 2.15. The summed E-state index contributed by atoms with van der Waals surface area (Å²) in [5.74, 6) is -0.825. The van der Waals surface area contributed by atoms with Gasteiger partial charge in [-0.3, -0.25) is 14.8 Å². The van der Waals surface area contributed by atoms with Crippen LogP contribution in [0.2, 0.25) is 0 Å². The van der Waals surface area contributed by atoms with Gasteiger partial charge in [0.25, 0.3) is 5.91 Å². The zero-order chi connectivity index (χ0) is 17.5. The standard InChI is InChI=1S/C18H19N3O3/c1-21(2)16-10-8-15(9-11-16)19-17(22)12-5-13-3-6-14(7-4-13)18(23)20-24/h3-12,24H,1-2H3,(H,19,22)(H,20,23). The molecule has 2 aromatic carbocycles. The third kappa shape index (κ3) is 4.69. The molecule has 0 aliphatic heterocycles. The van der Waals surface area contributed by atoms with Crippen LogP contribution in [-0.2, 0) is 4.79 Å². The highest BCUT2D eigenvalue weighted by molar-refractivity contribution is 6.02. The monoisotopic (exact) mass is 325 g/mol. The molecule has 0 atom stereocenters. The molecule has 0 aliphatic rings. The molecule has 0 radical (unpaired) electrons. The number of benzene rings is 2. The molecule has 2 rings (SSSR count). The highest BCUT2D eigenvalue weighted by atomic mass is 16.5. The van der Waals surface area contributed by atoms with Crippen molar-refractivity contribution in [2.45, 2.75) is 0 Å². The second-order valence-corrected chi connectivity index (χ2v) is 5.33. The quantitative estimate of drug-likeness (QED) is 0.448. The van der Waals surface area contributed by atoms with Crippen molar-refractivity contribution in [2.75, 3.05) is 24.3 Å². The first-order valence-corrected chi connectivity index (χ1v) is 7.30. The lowest BCUT2D eigenvalue weighted by molar-refractivity contribution is -0.111. The fraction of sp³-hybridized carbons (Fsp3) is 0.111. The molecule has 6 heteroatoms. The molecule has 2 aromatic rings. The van der Waals surface area contributed by atoms with Gasteiger partial charge in [-0.2, -0.15) is 0 Å². The predicted molar refractivity (Wildman–Crippen MR) is 94.1 cm³/mol. The van der Waals surface area contributed by atoms with Crippen LogP contribution in [0.25, 0.3) is 6.08 Å². The van der Waals surface area contributed by atoms with E-state index in [-0.39, 0.29) is 5.91 Å². The van der Waals surface area contributed by atoms with E-state index in [2.05, 4.69) is 5.32 Å². The molecular weight excluding hydrogens is 306 g/mol. The van der Waals surface area contributed by atoms with Crippen molar-refractivity contribution in [3.63, 3.8) is 0 Å². The van der Waals surface area contributed by atoms with Crippen LogP contribution >= 0.6 is 0 Å². The van der Waals surface area contributed by atoms with Gasteiger partial charge in [-0.15, -0.1) is 0 Å². The van der Waals surface area contributed by atoms with E-state index in [1.165, 1.54) is 6.08 Å². The lowest BCUT2D eigenvalue weighted by Crippen LogP contribution is -2.18. The number of hydrogen-bond acceptors (Lipinski definition) is 4. The van der Waals surface area contributed by atoms with Gasteiger partial charge < -0.3 is 10.2 Å². The zero-order valence-corrected chi connectivity index (χ0v) is 13.5. The summed E-state index contributed by atoms with van der Waals surface area (Å²) in [6, 6.07) is 14.0. The number of carbonyl (C=O) groups excluding carboxylic acids is 2. The van der Waals surface area contributed by atoms with E-state index in [0.717, 1.165) is 11.3 Å².